The van der Waals surface area contributed by atoms with Crippen LogP contribution in [0.2, 0.25) is 0 Å². The van der Waals surface area contributed by atoms with Crippen molar-refractivity contribution >= 4 is 28.4 Å². The summed E-state index contributed by atoms with van der Waals surface area (Å²) in [5.74, 6) is 2.12. The van der Waals surface area contributed by atoms with Crippen LogP contribution in [-0.2, 0) is 6.54 Å². The molecular formula is C23H22N4O. The third kappa shape index (κ3) is 4.04. The quantitative estimate of drug-likeness (QED) is 0.482. The largest absolute Gasteiger partial charge is 0.497 e. The fourth-order valence-electron chi connectivity index (χ4n) is 2.99. The molecule has 5 heteroatoms. The molecule has 0 atom stereocenters. The Balaban J connectivity index is 1.63. The molecule has 140 valence electrons. The second kappa shape index (κ2) is 7.96. The number of aryl methyl sites for hydroxylation is 1. The second-order valence-electron chi connectivity index (χ2n) is 6.61. The molecule has 0 aliphatic heterocycles. The highest BCUT2D eigenvalue weighted by molar-refractivity contribution is 5.90. The van der Waals surface area contributed by atoms with Gasteiger partial charge in [-0.15, -0.1) is 0 Å². The lowest BCUT2D eigenvalue weighted by Crippen LogP contribution is -2.05. The minimum Gasteiger partial charge on any atom is -0.497 e. The average molecular weight is 370 g/mol. The van der Waals surface area contributed by atoms with Gasteiger partial charge in [-0.3, -0.25) is 0 Å². The Hall–Kier alpha value is -3.60. The lowest BCUT2D eigenvalue weighted by molar-refractivity contribution is 0.415. The number of nitrogens with zero attached hydrogens (tertiary/aromatic N) is 2. The van der Waals surface area contributed by atoms with E-state index in [1.807, 2.05) is 48.5 Å². The van der Waals surface area contributed by atoms with Gasteiger partial charge in [0.25, 0.3) is 0 Å². The summed E-state index contributed by atoms with van der Waals surface area (Å²) in [7, 11) is 1.65. The first-order valence-electron chi connectivity index (χ1n) is 9.18. The van der Waals surface area contributed by atoms with Crippen LogP contribution in [0.4, 0.5) is 17.5 Å². The van der Waals surface area contributed by atoms with Crippen LogP contribution in [0.15, 0.2) is 72.8 Å². The number of hydrogen-bond donors (Lipinski definition) is 2. The van der Waals surface area contributed by atoms with Crippen LogP contribution in [0, 0.1) is 6.92 Å². The zero-order valence-electron chi connectivity index (χ0n) is 15.9. The fraction of sp³-hybridized carbons (Fsp3) is 0.130. The van der Waals surface area contributed by atoms with Crippen LogP contribution in [0.25, 0.3) is 10.9 Å². The highest BCUT2D eigenvalue weighted by Crippen LogP contribution is 2.25. The lowest BCUT2D eigenvalue weighted by Gasteiger charge is -2.12. The zero-order valence-corrected chi connectivity index (χ0v) is 15.9. The Morgan fingerprint density at radius 3 is 2.54 bits per heavy atom. The maximum absolute atomic E-state index is 5.29. The van der Waals surface area contributed by atoms with Gasteiger partial charge in [-0.2, -0.15) is 4.98 Å². The van der Waals surface area contributed by atoms with E-state index in [-0.39, 0.29) is 0 Å². The summed E-state index contributed by atoms with van der Waals surface area (Å²) in [5.41, 5.74) is 4.21. The molecule has 5 nitrogen and oxygen atoms in total. The Kier molecular flexibility index (Phi) is 5.06. The minimum atomic E-state index is 0.540. The van der Waals surface area contributed by atoms with Crippen molar-refractivity contribution < 1.29 is 4.74 Å². The molecule has 0 bridgehead atoms. The molecule has 0 saturated heterocycles. The smallest absolute Gasteiger partial charge is 0.229 e. The van der Waals surface area contributed by atoms with E-state index in [0.717, 1.165) is 28.2 Å². The maximum Gasteiger partial charge on any atom is 0.229 e. The fourth-order valence-corrected chi connectivity index (χ4v) is 2.99. The van der Waals surface area contributed by atoms with Crippen molar-refractivity contribution in [2.24, 2.45) is 0 Å². The molecule has 0 spiro atoms. The van der Waals surface area contributed by atoms with E-state index in [9.17, 15) is 0 Å². The van der Waals surface area contributed by atoms with Gasteiger partial charge in [0.15, 0.2) is 0 Å². The minimum absolute atomic E-state index is 0.540. The van der Waals surface area contributed by atoms with Crippen molar-refractivity contribution in [1.82, 2.24) is 9.97 Å². The van der Waals surface area contributed by atoms with Crippen molar-refractivity contribution in [3.05, 3.63) is 83.9 Å². The second-order valence-corrected chi connectivity index (χ2v) is 6.61. The molecule has 0 aliphatic rings. The van der Waals surface area contributed by atoms with E-state index in [0.29, 0.717) is 12.5 Å². The number of rotatable bonds is 6. The predicted molar refractivity (Wildman–Crippen MR) is 114 cm³/mol. The van der Waals surface area contributed by atoms with Gasteiger partial charge < -0.3 is 15.4 Å². The molecule has 2 N–H and O–H groups in total. The van der Waals surface area contributed by atoms with Gasteiger partial charge in [-0.1, -0.05) is 48.0 Å². The first-order chi connectivity index (χ1) is 13.7. The number of hydrogen-bond acceptors (Lipinski definition) is 5. The molecule has 0 aliphatic carbocycles. The standard InChI is InChI=1S/C23H22N4O/c1-16-10-12-17(13-11-16)15-24-22-20-8-3-4-9-21(20)26-23(27-22)25-18-6-5-7-19(14-18)28-2/h3-14H,15H2,1-2H3,(H2,24,25,26,27). The molecule has 0 unspecified atom stereocenters. The molecule has 4 rings (SSSR count). The van der Waals surface area contributed by atoms with E-state index in [2.05, 4.69) is 46.8 Å². The van der Waals surface area contributed by atoms with Gasteiger partial charge in [-0.05, 0) is 36.8 Å². The monoisotopic (exact) mass is 370 g/mol. The van der Waals surface area contributed by atoms with Crippen molar-refractivity contribution in [2.75, 3.05) is 17.7 Å². The van der Waals surface area contributed by atoms with Crippen LogP contribution in [0.1, 0.15) is 11.1 Å². The van der Waals surface area contributed by atoms with Crippen molar-refractivity contribution in [3.8, 4) is 5.75 Å². The van der Waals surface area contributed by atoms with E-state index < -0.39 is 0 Å². The molecule has 0 fully saturated rings. The van der Waals surface area contributed by atoms with Gasteiger partial charge in [0.2, 0.25) is 5.95 Å². The van der Waals surface area contributed by atoms with E-state index in [1.165, 1.54) is 11.1 Å². The number of nitrogens with one attached hydrogen (secondary N) is 2. The van der Waals surface area contributed by atoms with Crippen molar-refractivity contribution in [3.63, 3.8) is 0 Å². The average Bonchev–Trinajstić information content (AvgIpc) is 2.73. The van der Waals surface area contributed by atoms with E-state index >= 15 is 0 Å². The van der Waals surface area contributed by atoms with Gasteiger partial charge >= 0.3 is 0 Å². The summed E-state index contributed by atoms with van der Waals surface area (Å²) in [5, 5.41) is 7.72. The van der Waals surface area contributed by atoms with Crippen molar-refractivity contribution in [1.29, 1.82) is 0 Å². The van der Waals surface area contributed by atoms with Gasteiger partial charge in [0.05, 0.1) is 12.6 Å². The zero-order chi connectivity index (χ0) is 19.3. The summed E-state index contributed by atoms with van der Waals surface area (Å²) in [4.78, 5) is 9.36. The number of ether oxygens (including phenoxy) is 1. The van der Waals surface area contributed by atoms with E-state index in [4.69, 9.17) is 9.72 Å². The Morgan fingerprint density at radius 2 is 1.71 bits per heavy atom. The van der Waals surface area contributed by atoms with E-state index in [1.54, 1.807) is 7.11 Å². The first kappa shape index (κ1) is 17.8. The number of methoxy groups -OCH3 is 1. The number of aromatic nitrogens is 2. The first-order valence-corrected chi connectivity index (χ1v) is 9.18. The summed E-state index contributed by atoms with van der Waals surface area (Å²) in [6.45, 7) is 2.78. The Labute approximate surface area is 164 Å². The third-order valence-electron chi connectivity index (χ3n) is 4.51. The summed E-state index contributed by atoms with van der Waals surface area (Å²) < 4.78 is 5.29. The molecule has 4 aromatic rings. The van der Waals surface area contributed by atoms with Gasteiger partial charge in [0, 0.05) is 23.7 Å². The molecule has 0 saturated carbocycles. The number of para-hydroxylation sites is 1. The molecule has 3 aromatic carbocycles. The molecule has 0 amide bonds. The van der Waals surface area contributed by atoms with Gasteiger partial charge in [-0.25, -0.2) is 4.98 Å². The van der Waals surface area contributed by atoms with Crippen LogP contribution in [-0.4, -0.2) is 17.1 Å². The van der Waals surface area contributed by atoms with Crippen LogP contribution < -0.4 is 15.4 Å². The van der Waals surface area contributed by atoms with Crippen LogP contribution in [0.5, 0.6) is 5.75 Å². The summed E-state index contributed by atoms with van der Waals surface area (Å²) in [6.07, 6.45) is 0. The SMILES string of the molecule is COc1cccc(Nc2nc(NCc3ccc(C)cc3)c3ccccc3n2)c1. The van der Waals surface area contributed by atoms with Crippen LogP contribution >= 0.6 is 0 Å². The highest BCUT2D eigenvalue weighted by atomic mass is 16.5. The number of anilines is 3. The third-order valence-corrected chi connectivity index (χ3v) is 4.51. The normalized spacial score (nSPS) is 10.6. The molecule has 28 heavy (non-hydrogen) atoms. The number of benzene rings is 3. The summed E-state index contributed by atoms with van der Waals surface area (Å²) >= 11 is 0. The lowest BCUT2D eigenvalue weighted by atomic mass is 10.1. The Bertz CT molecular complexity index is 1090. The molecule has 1 aromatic heterocycles. The summed E-state index contributed by atoms with van der Waals surface area (Å²) in [6, 6.07) is 24.2. The van der Waals surface area contributed by atoms with Gasteiger partial charge in [0.1, 0.15) is 11.6 Å². The number of fused-ring (bicyclic) bond motifs is 1. The predicted octanol–water partition coefficient (Wildman–Crippen LogP) is 5.30. The Morgan fingerprint density at radius 1 is 0.893 bits per heavy atom. The molecule has 0 radical (unpaired) electrons. The highest BCUT2D eigenvalue weighted by Gasteiger charge is 2.08. The molecule has 1 heterocycles. The molecular weight excluding hydrogens is 348 g/mol. The maximum atomic E-state index is 5.29. The van der Waals surface area contributed by atoms with Crippen LogP contribution in [0.3, 0.4) is 0 Å². The topological polar surface area (TPSA) is 59.1 Å². The van der Waals surface area contributed by atoms with Crippen molar-refractivity contribution in [2.45, 2.75) is 13.5 Å².